The van der Waals surface area contributed by atoms with Gasteiger partial charge >= 0.3 is 0 Å². The van der Waals surface area contributed by atoms with Gasteiger partial charge in [-0.05, 0) is 48.2 Å². The second-order valence-corrected chi connectivity index (χ2v) is 5.63. The maximum atomic E-state index is 9.82. The number of anilines is 1. The normalized spacial score (nSPS) is 16.1. The fourth-order valence-corrected chi connectivity index (χ4v) is 2.90. The number of fused-ring (bicyclic) bond motifs is 1. The maximum absolute atomic E-state index is 9.82. The summed E-state index contributed by atoms with van der Waals surface area (Å²) in [6, 6.07) is 16.0. The Morgan fingerprint density at radius 1 is 1.00 bits per heavy atom. The van der Waals surface area contributed by atoms with Gasteiger partial charge in [-0.2, -0.15) is 0 Å². The molecule has 3 heteroatoms. The molecular weight excluding hydrogens is 258 g/mol. The number of halogens is 1. The van der Waals surface area contributed by atoms with E-state index in [4.69, 9.17) is 11.6 Å². The number of nitrogens with one attached hydrogen (secondary N) is 1. The molecular formula is C16H16ClNO. The lowest BCUT2D eigenvalue weighted by atomic mass is 9.96. The summed E-state index contributed by atoms with van der Waals surface area (Å²) in [5.74, 6) is 0. The van der Waals surface area contributed by atoms with Crippen LogP contribution in [0.1, 0.15) is 11.1 Å². The quantitative estimate of drug-likeness (QED) is 0.899. The standard InChI is InChI=1S/C16H16ClNO/c17-14-5-7-15(8-6-14)18-16(11-19)9-12-3-1-2-4-13(12)10-16/h1-8,18-19H,9-11H2. The van der Waals surface area contributed by atoms with Crippen LogP contribution in [0.15, 0.2) is 48.5 Å². The highest BCUT2D eigenvalue weighted by atomic mass is 35.5. The predicted octanol–water partition coefficient (Wildman–Crippen LogP) is 3.28. The molecule has 0 saturated heterocycles. The molecule has 19 heavy (non-hydrogen) atoms. The Labute approximate surface area is 118 Å². The third-order valence-corrected chi connectivity index (χ3v) is 3.98. The van der Waals surface area contributed by atoms with Crippen molar-refractivity contribution >= 4 is 17.3 Å². The van der Waals surface area contributed by atoms with Crippen molar-refractivity contribution in [2.24, 2.45) is 0 Å². The zero-order chi connectivity index (χ0) is 13.3. The molecule has 0 bridgehead atoms. The molecule has 0 atom stereocenters. The Balaban J connectivity index is 1.84. The Morgan fingerprint density at radius 3 is 2.11 bits per heavy atom. The van der Waals surface area contributed by atoms with E-state index in [2.05, 4.69) is 29.6 Å². The molecule has 0 fully saturated rings. The van der Waals surface area contributed by atoms with Crippen molar-refractivity contribution < 1.29 is 5.11 Å². The Kier molecular flexibility index (Phi) is 3.21. The second-order valence-electron chi connectivity index (χ2n) is 5.19. The second kappa shape index (κ2) is 4.87. The van der Waals surface area contributed by atoms with Crippen LogP contribution in [0.25, 0.3) is 0 Å². The molecule has 0 radical (unpaired) electrons. The van der Waals surface area contributed by atoms with Crippen LogP contribution < -0.4 is 5.32 Å². The van der Waals surface area contributed by atoms with Gasteiger partial charge in [0.1, 0.15) is 0 Å². The van der Waals surface area contributed by atoms with Crippen LogP contribution in [0.3, 0.4) is 0 Å². The van der Waals surface area contributed by atoms with Crippen LogP contribution in [0.4, 0.5) is 5.69 Å². The lowest BCUT2D eigenvalue weighted by molar-refractivity contribution is 0.216. The summed E-state index contributed by atoms with van der Waals surface area (Å²) in [6.07, 6.45) is 1.70. The van der Waals surface area contributed by atoms with Crippen LogP contribution in [-0.4, -0.2) is 17.3 Å². The van der Waals surface area contributed by atoms with Gasteiger partial charge in [0.2, 0.25) is 0 Å². The van der Waals surface area contributed by atoms with E-state index in [1.165, 1.54) is 11.1 Å². The summed E-state index contributed by atoms with van der Waals surface area (Å²) in [5.41, 5.74) is 3.33. The van der Waals surface area contributed by atoms with E-state index in [1.807, 2.05) is 24.3 Å². The lowest BCUT2D eigenvalue weighted by Crippen LogP contribution is -2.43. The predicted molar refractivity (Wildman–Crippen MR) is 78.7 cm³/mol. The van der Waals surface area contributed by atoms with E-state index in [9.17, 15) is 5.11 Å². The highest BCUT2D eigenvalue weighted by Crippen LogP contribution is 2.32. The summed E-state index contributed by atoms with van der Waals surface area (Å²) < 4.78 is 0. The first-order chi connectivity index (χ1) is 9.21. The van der Waals surface area contributed by atoms with Crippen LogP contribution in [-0.2, 0) is 12.8 Å². The average Bonchev–Trinajstić information content (AvgIpc) is 2.80. The molecule has 0 spiro atoms. The van der Waals surface area contributed by atoms with E-state index in [1.54, 1.807) is 0 Å². The number of hydrogen-bond acceptors (Lipinski definition) is 2. The van der Waals surface area contributed by atoms with Gasteiger partial charge in [-0.3, -0.25) is 0 Å². The van der Waals surface area contributed by atoms with Crippen molar-refractivity contribution in [1.29, 1.82) is 0 Å². The first kappa shape index (κ1) is 12.5. The van der Waals surface area contributed by atoms with Crippen molar-refractivity contribution in [3.8, 4) is 0 Å². The minimum atomic E-state index is -0.294. The van der Waals surface area contributed by atoms with Crippen LogP contribution >= 0.6 is 11.6 Å². The third-order valence-electron chi connectivity index (χ3n) is 3.73. The van der Waals surface area contributed by atoms with E-state index in [0.29, 0.717) is 0 Å². The fourth-order valence-electron chi connectivity index (χ4n) is 2.77. The third kappa shape index (κ3) is 2.46. The van der Waals surface area contributed by atoms with Crippen LogP contribution in [0, 0.1) is 0 Å². The van der Waals surface area contributed by atoms with E-state index < -0.39 is 0 Å². The van der Waals surface area contributed by atoms with Crippen molar-refractivity contribution in [2.45, 2.75) is 18.4 Å². The topological polar surface area (TPSA) is 32.3 Å². The number of aliphatic hydroxyl groups excluding tert-OH is 1. The molecule has 2 nitrogen and oxygen atoms in total. The minimum absolute atomic E-state index is 0.115. The highest BCUT2D eigenvalue weighted by Gasteiger charge is 2.36. The first-order valence-electron chi connectivity index (χ1n) is 6.42. The molecule has 2 aromatic rings. The van der Waals surface area contributed by atoms with E-state index in [-0.39, 0.29) is 12.1 Å². The monoisotopic (exact) mass is 273 g/mol. The fraction of sp³-hybridized carbons (Fsp3) is 0.250. The summed E-state index contributed by atoms with van der Waals surface area (Å²) in [7, 11) is 0. The maximum Gasteiger partial charge on any atom is 0.0684 e. The molecule has 0 amide bonds. The molecule has 0 aromatic heterocycles. The molecule has 3 rings (SSSR count). The van der Waals surface area contributed by atoms with Gasteiger partial charge in [0.15, 0.2) is 0 Å². The average molecular weight is 274 g/mol. The molecule has 98 valence electrons. The van der Waals surface area contributed by atoms with Gasteiger partial charge in [-0.1, -0.05) is 35.9 Å². The zero-order valence-corrected chi connectivity index (χ0v) is 11.3. The Morgan fingerprint density at radius 2 is 1.58 bits per heavy atom. The van der Waals surface area contributed by atoms with Gasteiger partial charge in [0.25, 0.3) is 0 Å². The molecule has 1 aliphatic rings. The van der Waals surface area contributed by atoms with E-state index >= 15 is 0 Å². The highest BCUT2D eigenvalue weighted by molar-refractivity contribution is 6.30. The molecule has 0 heterocycles. The molecule has 2 aromatic carbocycles. The van der Waals surface area contributed by atoms with Gasteiger partial charge in [0, 0.05) is 10.7 Å². The number of aliphatic hydroxyl groups is 1. The SMILES string of the molecule is OCC1(Nc2ccc(Cl)cc2)Cc2ccccc2C1. The van der Waals surface area contributed by atoms with E-state index in [0.717, 1.165) is 23.6 Å². The van der Waals surface area contributed by atoms with Gasteiger partial charge in [0.05, 0.1) is 12.1 Å². The van der Waals surface area contributed by atoms with Crippen LogP contribution in [0.5, 0.6) is 0 Å². The summed E-state index contributed by atoms with van der Waals surface area (Å²) in [6.45, 7) is 0.115. The van der Waals surface area contributed by atoms with Crippen molar-refractivity contribution in [3.63, 3.8) is 0 Å². The van der Waals surface area contributed by atoms with Gasteiger partial charge in [-0.25, -0.2) is 0 Å². The Bertz CT molecular complexity index is 555. The summed E-state index contributed by atoms with van der Waals surface area (Å²) in [4.78, 5) is 0. The number of benzene rings is 2. The Hall–Kier alpha value is -1.51. The molecule has 0 aliphatic heterocycles. The zero-order valence-electron chi connectivity index (χ0n) is 10.6. The summed E-state index contributed by atoms with van der Waals surface area (Å²) in [5, 5.41) is 14.0. The number of rotatable bonds is 3. The minimum Gasteiger partial charge on any atom is -0.394 e. The number of hydrogen-bond donors (Lipinski definition) is 2. The molecule has 0 unspecified atom stereocenters. The van der Waals surface area contributed by atoms with Crippen molar-refractivity contribution in [1.82, 2.24) is 0 Å². The van der Waals surface area contributed by atoms with Crippen molar-refractivity contribution in [3.05, 3.63) is 64.7 Å². The van der Waals surface area contributed by atoms with Crippen LogP contribution in [0.2, 0.25) is 5.02 Å². The summed E-state index contributed by atoms with van der Waals surface area (Å²) >= 11 is 5.89. The van der Waals surface area contributed by atoms with Crippen molar-refractivity contribution in [2.75, 3.05) is 11.9 Å². The lowest BCUT2D eigenvalue weighted by Gasteiger charge is -2.29. The molecule has 0 saturated carbocycles. The molecule has 2 N–H and O–H groups in total. The molecule has 1 aliphatic carbocycles. The largest absolute Gasteiger partial charge is 0.394 e. The first-order valence-corrected chi connectivity index (χ1v) is 6.80. The van der Waals surface area contributed by atoms with Gasteiger partial charge < -0.3 is 10.4 Å². The smallest absolute Gasteiger partial charge is 0.0684 e. The van der Waals surface area contributed by atoms with Gasteiger partial charge in [-0.15, -0.1) is 0 Å².